The zero-order valence-electron chi connectivity index (χ0n) is 13.3. The van der Waals surface area contributed by atoms with Gasteiger partial charge in [0.2, 0.25) is 0 Å². The van der Waals surface area contributed by atoms with Gasteiger partial charge in [-0.15, -0.1) is 0 Å². The number of methoxy groups -OCH3 is 1. The monoisotopic (exact) mass is 279 g/mol. The zero-order chi connectivity index (χ0) is 14.8. The van der Waals surface area contributed by atoms with Gasteiger partial charge in [0.15, 0.2) is 0 Å². The van der Waals surface area contributed by atoms with Crippen LogP contribution < -0.4 is 10.1 Å². The molecule has 0 bridgehead atoms. The number of rotatable bonds is 10. The van der Waals surface area contributed by atoms with Crippen LogP contribution in [0.2, 0.25) is 0 Å². The number of hydrogen-bond donors (Lipinski definition) is 1. The van der Waals surface area contributed by atoms with Gasteiger partial charge in [0.1, 0.15) is 5.75 Å². The predicted octanol–water partition coefficient (Wildman–Crippen LogP) is 3.94. The number of nitrogens with one attached hydrogen (secondary N) is 1. The molecule has 1 rings (SSSR count). The maximum absolute atomic E-state index is 5.97. The number of benzene rings is 1. The van der Waals surface area contributed by atoms with Crippen LogP contribution in [-0.2, 0) is 4.74 Å². The van der Waals surface area contributed by atoms with E-state index in [4.69, 9.17) is 9.47 Å². The van der Waals surface area contributed by atoms with Gasteiger partial charge in [0.25, 0.3) is 0 Å². The topological polar surface area (TPSA) is 30.5 Å². The van der Waals surface area contributed by atoms with Crippen molar-refractivity contribution >= 4 is 0 Å². The molecular formula is C17H29NO2. The fourth-order valence-corrected chi connectivity index (χ4v) is 2.20. The van der Waals surface area contributed by atoms with E-state index in [1.807, 2.05) is 12.1 Å². The standard InChI is InChI=1S/C17H29NO2/c1-5-8-14(3)20-13-17(18-11-6-2)15-9-7-10-16(12-15)19-4/h7,9-10,12,14,17-18H,5-6,8,11,13H2,1-4H3. The quantitative estimate of drug-likeness (QED) is 0.703. The summed E-state index contributed by atoms with van der Waals surface area (Å²) in [6, 6.07) is 8.44. The van der Waals surface area contributed by atoms with E-state index in [9.17, 15) is 0 Å². The van der Waals surface area contributed by atoms with Crippen LogP contribution in [0.5, 0.6) is 5.75 Å². The molecule has 1 aromatic rings. The average molecular weight is 279 g/mol. The zero-order valence-corrected chi connectivity index (χ0v) is 13.3. The molecule has 0 saturated carbocycles. The summed E-state index contributed by atoms with van der Waals surface area (Å²) in [5, 5.41) is 3.55. The van der Waals surface area contributed by atoms with E-state index >= 15 is 0 Å². The van der Waals surface area contributed by atoms with Crippen molar-refractivity contribution in [2.45, 2.75) is 52.2 Å². The molecule has 3 heteroatoms. The van der Waals surface area contributed by atoms with E-state index in [0.717, 1.165) is 31.6 Å². The van der Waals surface area contributed by atoms with Gasteiger partial charge in [-0.3, -0.25) is 0 Å². The lowest BCUT2D eigenvalue weighted by Crippen LogP contribution is -2.28. The summed E-state index contributed by atoms with van der Waals surface area (Å²) < 4.78 is 11.3. The van der Waals surface area contributed by atoms with E-state index in [1.54, 1.807) is 7.11 Å². The Morgan fingerprint density at radius 3 is 2.65 bits per heavy atom. The Hall–Kier alpha value is -1.06. The summed E-state index contributed by atoms with van der Waals surface area (Å²) in [6.07, 6.45) is 3.70. The van der Waals surface area contributed by atoms with E-state index in [2.05, 4.69) is 38.2 Å². The molecule has 3 nitrogen and oxygen atoms in total. The van der Waals surface area contributed by atoms with Gasteiger partial charge in [0.05, 0.1) is 25.9 Å². The molecule has 114 valence electrons. The summed E-state index contributed by atoms with van der Waals surface area (Å²) in [5.41, 5.74) is 1.22. The lowest BCUT2D eigenvalue weighted by molar-refractivity contribution is 0.0440. The van der Waals surface area contributed by atoms with Crippen LogP contribution in [0.4, 0.5) is 0 Å². The molecule has 0 fully saturated rings. The van der Waals surface area contributed by atoms with Crippen molar-refractivity contribution in [2.75, 3.05) is 20.3 Å². The summed E-state index contributed by atoms with van der Waals surface area (Å²) in [6.45, 7) is 8.21. The Balaban J connectivity index is 2.66. The molecule has 1 aromatic carbocycles. The van der Waals surface area contributed by atoms with Crippen LogP contribution in [0.3, 0.4) is 0 Å². The number of ether oxygens (including phenoxy) is 2. The molecule has 0 saturated heterocycles. The third-order valence-electron chi connectivity index (χ3n) is 3.38. The fraction of sp³-hybridized carbons (Fsp3) is 0.647. The van der Waals surface area contributed by atoms with Crippen molar-refractivity contribution in [1.29, 1.82) is 0 Å². The third-order valence-corrected chi connectivity index (χ3v) is 3.38. The van der Waals surface area contributed by atoms with E-state index in [1.165, 1.54) is 5.56 Å². The SMILES string of the molecule is CCCNC(COC(C)CCC)c1cccc(OC)c1. The largest absolute Gasteiger partial charge is 0.497 e. The third kappa shape index (κ3) is 5.93. The van der Waals surface area contributed by atoms with E-state index in [0.29, 0.717) is 12.7 Å². The molecule has 0 aromatic heterocycles. The number of hydrogen-bond acceptors (Lipinski definition) is 3. The average Bonchev–Trinajstić information content (AvgIpc) is 2.47. The Kier molecular flexibility index (Phi) is 8.31. The fourth-order valence-electron chi connectivity index (χ4n) is 2.20. The van der Waals surface area contributed by atoms with Gasteiger partial charge in [-0.1, -0.05) is 32.4 Å². The Labute approximate surface area is 123 Å². The Morgan fingerprint density at radius 2 is 2.00 bits per heavy atom. The van der Waals surface area contributed by atoms with Crippen LogP contribution in [-0.4, -0.2) is 26.4 Å². The highest BCUT2D eigenvalue weighted by molar-refractivity contribution is 5.30. The van der Waals surface area contributed by atoms with Gasteiger partial charge >= 0.3 is 0 Å². The molecule has 0 aliphatic rings. The van der Waals surface area contributed by atoms with Crippen LogP contribution in [0.15, 0.2) is 24.3 Å². The van der Waals surface area contributed by atoms with Crippen molar-refractivity contribution < 1.29 is 9.47 Å². The van der Waals surface area contributed by atoms with E-state index < -0.39 is 0 Å². The lowest BCUT2D eigenvalue weighted by Gasteiger charge is -2.22. The van der Waals surface area contributed by atoms with E-state index in [-0.39, 0.29) is 6.04 Å². The second-order valence-corrected chi connectivity index (χ2v) is 5.22. The summed E-state index contributed by atoms with van der Waals surface area (Å²) in [4.78, 5) is 0. The molecule has 1 N–H and O–H groups in total. The molecule has 2 unspecified atom stereocenters. The molecule has 0 heterocycles. The molecular weight excluding hydrogens is 250 g/mol. The maximum Gasteiger partial charge on any atom is 0.119 e. The lowest BCUT2D eigenvalue weighted by atomic mass is 10.1. The first-order chi connectivity index (χ1) is 9.71. The van der Waals surface area contributed by atoms with Crippen LogP contribution in [0.1, 0.15) is 51.6 Å². The highest BCUT2D eigenvalue weighted by atomic mass is 16.5. The Morgan fingerprint density at radius 1 is 1.20 bits per heavy atom. The van der Waals surface area contributed by atoms with Gasteiger partial charge < -0.3 is 14.8 Å². The highest BCUT2D eigenvalue weighted by Crippen LogP contribution is 2.20. The molecule has 0 aliphatic carbocycles. The van der Waals surface area contributed by atoms with Crippen molar-refractivity contribution in [3.63, 3.8) is 0 Å². The smallest absolute Gasteiger partial charge is 0.119 e. The summed E-state index contributed by atoms with van der Waals surface area (Å²) >= 11 is 0. The molecule has 0 radical (unpaired) electrons. The van der Waals surface area contributed by atoms with Crippen molar-refractivity contribution in [3.8, 4) is 5.75 Å². The summed E-state index contributed by atoms with van der Waals surface area (Å²) in [7, 11) is 1.70. The minimum absolute atomic E-state index is 0.226. The highest BCUT2D eigenvalue weighted by Gasteiger charge is 2.13. The van der Waals surface area contributed by atoms with Crippen LogP contribution >= 0.6 is 0 Å². The summed E-state index contributed by atoms with van der Waals surface area (Å²) in [5.74, 6) is 0.896. The van der Waals surface area contributed by atoms with Gasteiger partial charge in [0, 0.05) is 0 Å². The first-order valence-corrected chi connectivity index (χ1v) is 7.70. The second kappa shape index (κ2) is 9.78. The predicted molar refractivity (Wildman–Crippen MR) is 84.4 cm³/mol. The maximum atomic E-state index is 5.97. The first kappa shape index (κ1) is 17.0. The van der Waals surface area contributed by atoms with Crippen LogP contribution in [0, 0.1) is 0 Å². The molecule has 2 atom stereocenters. The Bertz CT molecular complexity index is 368. The van der Waals surface area contributed by atoms with Crippen molar-refractivity contribution in [1.82, 2.24) is 5.32 Å². The normalized spacial score (nSPS) is 14.0. The van der Waals surface area contributed by atoms with Gasteiger partial charge in [-0.2, -0.15) is 0 Å². The molecule has 0 amide bonds. The van der Waals surface area contributed by atoms with Crippen molar-refractivity contribution in [2.24, 2.45) is 0 Å². The van der Waals surface area contributed by atoms with Gasteiger partial charge in [-0.05, 0) is 44.0 Å². The second-order valence-electron chi connectivity index (χ2n) is 5.22. The van der Waals surface area contributed by atoms with Gasteiger partial charge in [-0.25, -0.2) is 0 Å². The molecule has 20 heavy (non-hydrogen) atoms. The minimum atomic E-state index is 0.226. The van der Waals surface area contributed by atoms with Crippen LogP contribution in [0.25, 0.3) is 0 Å². The molecule has 0 spiro atoms. The minimum Gasteiger partial charge on any atom is -0.497 e. The van der Waals surface area contributed by atoms with Crippen molar-refractivity contribution in [3.05, 3.63) is 29.8 Å². The first-order valence-electron chi connectivity index (χ1n) is 7.70. The molecule has 0 aliphatic heterocycles.